The molecule has 2 fully saturated rings. The zero-order valence-corrected chi connectivity index (χ0v) is 19.8. The molecule has 3 aromatic heterocycles. The number of aryl methyl sites for hydroxylation is 1. The van der Waals surface area contributed by atoms with Crippen LogP contribution in [0.25, 0.3) is 31.7 Å². The Kier molecular flexibility index (Phi) is 4.61. The van der Waals surface area contributed by atoms with Crippen molar-refractivity contribution >= 4 is 31.6 Å². The van der Waals surface area contributed by atoms with Crippen LogP contribution in [-0.4, -0.2) is 24.4 Å². The van der Waals surface area contributed by atoms with Gasteiger partial charge in [0.15, 0.2) is 0 Å². The van der Waals surface area contributed by atoms with Crippen LogP contribution in [0.2, 0.25) is 0 Å². The van der Waals surface area contributed by atoms with Crippen molar-refractivity contribution in [3.05, 3.63) is 76.1 Å². The fourth-order valence-electron chi connectivity index (χ4n) is 4.95. The maximum Gasteiger partial charge on any atom is 0.263 e. The minimum absolute atomic E-state index is 0.141. The van der Waals surface area contributed by atoms with E-state index in [9.17, 15) is 14.3 Å². The molecular formula is C27H23FN4O2S. The van der Waals surface area contributed by atoms with Crippen molar-refractivity contribution in [3.8, 4) is 17.1 Å². The van der Waals surface area contributed by atoms with Crippen molar-refractivity contribution in [1.29, 1.82) is 0 Å². The molecule has 0 aliphatic heterocycles. The molecule has 8 heteroatoms. The van der Waals surface area contributed by atoms with Crippen LogP contribution in [0.3, 0.4) is 0 Å². The molecule has 176 valence electrons. The number of aromatic hydroxyl groups is 1. The van der Waals surface area contributed by atoms with E-state index in [1.165, 1.54) is 30.2 Å². The highest BCUT2D eigenvalue weighted by Crippen LogP contribution is 2.45. The van der Waals surface area contributed by atoms with Gasteiger partial charge in [-0.1, -0.05) is 12.1 Å². The Hall–Kier alpha value is -3.52. The monoisotopic (exact) mass is 486 g/mol. The summed E-state index contributed by atoms with van der Waals surface area (Å²) < 4.78 is 18.4. The zero-order chi connectivity index (χ0) is 23.7. The second-order valence-electron chi connectivity index (χ2n) is 9.61. The minimum Gasteiger partial charge on any atom is -0.506 e. The van der Waals surface area contributed by atoms with Crippen LogP contribution < -0.4 is 5.56 Å². The molecule has 7 rings (SSSR count). The highest BCUT2D eigenvalue weighted by Gasteiger charge is 2.29. The molecule has 2 aliphatic rings. The second-order valence-corrected chi connectivity index (χ2v) is 10.6. The third kappa shape index (κ3) is 3.55. The first-order valence-corrected chi connectivity index (χ1v) is 12.9. The maximum absolute atomic E-state index is 14.2. The summed E-state index contributed by atoms with van der Waals surface area (Å²) >= 11 is 1.31. The Morgan fingerprint density at radius 3 is 2.69 bits per heavy atom. The lowest BCUT2D eigenvalue weighted by Crippen LogP contribution is -2.25. The average Bonchev–Trinajstić information content (AvgIpc) is 3.78. The second kappa shape index (κ2) is 7.75. The van der Waals surface area contributed by atoms with Gasteiger partial charge < -0.3 is 5.11 Å². The predicted molar refractivity (Wildman–Crippen MR) is 135 cm³/mol. The van der Waals surface area contributed by atoms with Crippen LogP contribution in [0.1, 0.15) is 48.8 Å². The summed E-state index contributed by atoms with van der Waals surface area (Å²) in [6.07, 6.45) is 6.37. The Morgan fingerprint density at radius 2 is 1.89 bits per heavy atom. The van der Waals surface area contributed by atoms with Gasteiger partial charge in [-0.25, -0.2) is 9.37 Å². The van der Waals surface area contributed by atoms with E-state index in [0.29, 0.717) is 51.1 Å². The highest BCUT2D eigenvalue weighted by molar-refractivity contribution is 7.25. The molecule has 0 radical (unpaired) electrons. The molecule has 6 nitrogen and oxygen atoms in total. The Bertz CT molecular complexity index is 1680. The van der Waals surface area contributed by atoms with E-state index in [0.717, 1.165) is 29.7 Å². The summed E-state index contributed by atoms with van der Waals surface area (Å²) in [5.41, 5.74) is 2.67. The smallest absolute Gasteiger partial charge is 0.263 e. The topological polar surface area (TPSA) is 72.9 Å². The van der Waals surface area contributed by atoms with Gasteiger partial charge in [0.1, 0.15) is 22.2 Å². The van der Waals surface area contributed by atoms with Crippen molar-refractivity contribution in [2.45, 2.75) is 50.6 Å². The van der Waals surface area contributed by atoms with Gasteiger partial charge >= 0.3 is 0 Å². The van der Waals surface area contributed by atoms with E-state index in [1.807, 2.05) is 16.9 Å². The zero-order valence-electron chi connectivity index (χ0n) is 18.9. The summed E-state index contributed by atoms with van der Waals surface area (Å²) in [6.45, 7) is 0.917. The molecule has 0 atom stereocenters. The molecule has 35 heavy (non-hydrogen) atoms. The average molecular weight is 487 g/mol. The van der Waals surface area contributed by atoms with E-state index in [-0.39, 0.29) is 17.1 Å². The Labute approximate surface area is 204 Å². The quantitative estimate of drug-likeness (QED) is 0.331. The molecule has 0 unspecified atom stereocenters. The molecule has 0 spiro atoms. The van der Waals surface area contributed by atoms with Crippen LogP contribution in [0, 0.1) is 5.82 Å². The van der Waals surface area contributed by atoms with Crippen LogP contribution >= 0.6 is 11.3 Å². The summed E-state index contributed by atoms with van der Waals surface area (Å²) in [7, 11) is 0. The predicted octanol–water partition coefficient (Wildman–Crippen LogP) is 5.77. The Balaban J connectivity index is 1.42. The van der Waals surface area contributed by atoms with Crippen LogP contribution in [0.15, 0.2) is 53.5 Å². The van der Waals surface area contributed by atoms with Crippen molar-refractivity contribution in [2.75, 3.05) is 0 Å². The molecular weight excluding hydrogens is 463 g/mol. The van der Waals surface area contributed by atoms with E-state index in [1.54, 1.807) is 28.8 Å². The number of aromatic nitrogens is 4. The van der Waals surface area contributed by atoms with Gasteiger partial charge in [0.2, 0.25) is 0 Å². The van der Waals surface area contributed by atoms with Gasteiger partial charge in [0, 0.05) is 29.6 Å². The van der Waals surface area contributed by atoms with Gasteiger partial charge in [0.05, 0.1) is 22.3 Å². The fraction of sp³-hybridized carbons (Fsp3) is 0.296. The molecule has 2 saturated carbocycles. The molecule has 2 aromatic carbocycles. The largest absolute Gasteiger partial charge is 0.506 e. The Morgan fingerprint density at radius 1 is 1.06 bits per heavy atom. The summed E-state index contributed by atoms with van der Waals surface area (Å²) in [5, 5.41) is 16.3. The molecule has 2 aliphatic carbocycles. The minimum atomic E-state index is -0.276. The summed E-state index contributed by atoms with van der Waals surface area (Å²) in [5.74, 6) is 1.27. The fourth-order valence-corrected chi connectivity index (χ4v) is 6.03. The molecule has 0 saturated heterocycles. The normalized spacial score (nSPS) is 15.9. The lowest BCUT2D eigenvalue weighted by molar-refractivity contribution is 0.482. The number of thiophene rings is 1. The van der Waals surface area contributed by atoms with Gasteiger partial charge in [-0.2, -0.15) is 5.10 Å². The summed E-state index contributed by atoms with van der Waals surface area (Å²) in [6, 6.07) is 12.0. The van der Waals surface area contributed by atoms with Crippen molar-refractivity contribution in [1.82, 2.24) is 19.3 Å². The van der Waals surface area contributed by atoms with Gasteiger partial charge in [0.25, 0.3) is 5.56 Å². The molecule has 1 N–H and O–H groups in total. The maximum atomic E-state index is 14.2. The summed E-state index contributed by atoms with van der Waals surface area (Å²) in [4.78, 5) is 19.5. The number of rotatable bonds is 6. The molecule has 5 aromatic rings. The standard InChI is InChI=1S/C27H23FN4O2S/c28-17-8-9-18(20(14-17)15-4-5-15)25-29-26-23(19-2-1-3-22(33)24(19)35-26)27(34)32(25)13-12-31-11-10-21(30-31)16-6-7-16/h1-3,8-11,14-16,33H,4-7,12-13H2. The van der Waals surface area contributed by atoms with E-state index < -0.39 is 0 Å². The molecule has 0 bridgehead atoms. The highest BCUT2D eigenvalue weighted by atomic mass is 32.1. The van der Waals surface area contributed by atoms with E-state index in [4.69, 9.17) is 10.1 Å². The number of fused-ring (bicyclic) bond motifs is 3. The third-order valence-electron chi connectivity index (χ3n) is 7.08. The van der Waals surface area contributed by atoms with Crippen molar-refractivity contribution < 1.29 is 9.50 Å². The number of benzene rings is 2. The van der Waals surface area contributed by atoms with Crippen molar-refractivity contribution in [2.24, 2.45) is 0 Å². The third-order valence-corrected chi connectivity index (χ3v) is 8.20. The van der Waals surface area contributed by atoms with E-state index in [2.05, 4.69) is 6.07 Å². The van der Waals surface area contributed by atoms with Gasteiger partial charge in [-0.15, -0.1) is 11.3 Å². The molecule has 3 heterocycles. The number of phenols is 1. The number of halogens is 1. The SMILES string of the molecule is O=c1c2c(nc(-c3ccc(F)cc3C3CC3)n1CCn1ccc(C3CC3)n1)sc1c(O)cccc12. The lowest BCUT2D eigenvalue weighted by atomic mass is 10.0. The van der Waals surface area contributed by atoms with E-state index >= 15 is 0 Å². The van der Waals surface area contributed by atoms with Crippen molar-refractivity contribution in [3.63, 3.8) is 0 Å². The van der Waals surface area contributed by atoms with Gasteiger partial charge in [-0.3, -0.25) is 14.0 Å². The van der Waals surface area contributed by atoms with Crippen LogP contribution in [0.5, 0.6) is 5.75 Å². The van der Waals surface area contributed by atoms with Crippen LogP contribution in [-0.2, 0) is 13.1 Å². The lowest BCUT2D eigenvalue weighted by Gasteiger charge is -2.16. The number of hydrogen-bond donors (Lipinski definition) is 1. The first kappa shape index (κ1) is 20.8. The number of phenolic OH excluding ortho intramolecular Hbond substituents is 1. The first-order valence-electron chi connectivity index (χ1n) is 12.0. The number of hydrogen-bond acceptors (Lipinski definition) is 5. The van der Waals surface area contributed by atoms with Gasteiger partial charge in [-0.05, 0) is 67.5 Å². The van der Waals surface area contributed by atoms with Crippen LogP contribution in [0.4, 0.5) is 4.39 Å². The first-order chi connectivity index (χ1) is 17.1. The number of nitrogens with zero attached hydrogens (tertiary/aromatic N) is 4. The molecule has 0 amide bonds.